The number of aliphatic hydroxyl groups excluding tert-OH is 2. The molecule has 6 rings (SSSR count). The van der Waals surface area contributed by atoms with Crippen molar-refractivity contribution in [3.8, 4) is 11.4 Å². The van der Waals surface area contributed by atoms with Crippen LogP contribution in [-0.4, -0.2) is 60.4 Å². The Morgan fingerprint density at radius 1 is 0.912 bits per heavy atom. The molecule has 1 saturated heterocycles. The summed E-state index contributed by atoms with van der Waals surface area (Å²) >= 11 is 0. The Morgan fingerprint density at radius 2 is 1.79 bits per heavy atom. The van der Waals surface area contributed by atoms with Crippen LogP contribution in [-0.2, 0) is 0 Å². The normalized spacial score (nSPS) is 20.5. The average molecular weight is 456 g/mol. The van der Waals surface area contributed by atoms with Crippen LogP contribution in [0.4, 0.5) is 17.5 Å². The highest BCUT2D eigenvalue weighted by Crippen LogP contribution is 2.45. The molecular weight excluding hydrogens is 430 g/mol. The largest absolute Gasteiger partial charge is 0.390 e. The van der Waals surface area contributed by atoms with E-state index in [4.69, 9.17) is 9.97 Å². The summed E-state index contributed by atoms with van der Waals surface area (Å²) in [4.78, 5) is 25.1. The average Bonchev–Trinajstić information content (AvgIpc) is 3.71. The molecule has 0 radical (unpaired) electrons. The van der Waals surface area contributed by atoms with Gasteiger partial charge < -0.3 is 20.4 Å². The van der Waals surface area contributed by atoms with Gasteiger partial charge in [0.05, 0.1) is 23.9 Å². The van der Waals surface area contributed by atoms with Gasteiger partial charge in [-0.3, -0.25) is 4.98 Å². The minimum atomic E-state index is -0.816. The summed E-state index contributed by atoms with van der Waals surface area (Å²) in [5, 5.41) is 24.6. The molecule has 9 heteroatoms. The molecular formula is C25H25N7O2. The number of aromatic nitrogens is 5. The third-order valence-corrected chi connectivity index (χ3v) is 6.42. The predicted molar refractivity (Wildman–Crippen MR) is 129 cm³/mol. The lowest BCUT2D eigenvalue weighted by Crippen LogP contribution is -2.47. The predicted octanol–water partition coefficient (Wildman–Crippen LogP) is 3.03. The first-order valence-electron chi connectivity index (χ1n) is 11.6. The van der Waals surface area contributed by atoms with Gasteiger partial charge >= 0.3 is 0 Å². The topological polar surface area (TPSA) is 120 Å². The van der Waals surface area contributed by atoms with Crippen molar-refractivity contribution < 1.29 is 10.2 Å². The second kappa shape index (κ2) is 8.58. The van der Waals surface area contributed by atoms with Gasteiger partial charge in [0.15, 0.2) is 5.82 Å². The van der Waals surface area contributed by atoms with Gasteiger partial charge in [-0.2, -0.15) is 0 Å². The van der Waals surface area contributed by atoms with Crippen molar-refractivity contribution in [1.82, 2.24) is 24.9 Å². The summed E-state index contributed by atoms with van der Waals surface area (Å²) in [7, 11) is 0. The lowest BCUT2D eigenvalue weighted by Gasteiger charge is -2.35. The van der Waals surface area contributed by atoms with Gasteiger partial charge in [-0.15, -0.1) is 0 Å². The van der Waals surface area contributed by atoms with Gasteiger partial charge in [-0.05, 0) is 55.0 Å². The van der Waals surface area contributed by atoms with E-state index in [9.17, 15) is 10.2 Å². The summed E-state index contributed by atoms with van der Waals surface area (Å²) < 4.78 is 0. The quantitative estimate of drug-likeness (QED) is 0.417. The lowest BCUT2D eigenvalue weighted by molar-refractivity contribution is 0.00792. The zero-order valence-electron chi connectivity index (χ0n) is 18.5. The van der Waals surface area contributed by atoms with Crippen LogP contribution in [0.2, 0.25) is 0 Å². The first kappa shape index (κ1) is 20.9. The van der Waals surface area contributed by atoms with Crippen molar-refractivity contribution in [3.63, 3.8) is 0 Å². The van der Waals surface area contributed by atoms with Crippen molar-refractivity contribution in [2.75, 3.05) is 23.3 Å². The molecule has 2 unspecified atom stereocenters. The third-order valence-electron chi connectivity index (χ3n) is 6.42. The lowest BCUT2D eigenvalue weighted by atomic mass is 10.0. The van der Waals surface area contributed by atoms with Crippen LogP contribution in [0.1, 0.15) is 30.7 Å². The van der Waals surface area contributed by atoms with Crippen LogP contribution in [0.5, 0.6) is 0 Å². The summed E-state index contributed by atoms with van der Waals surface area (Å²) in [5.74, 6) is 3.16. The van der Waals surface area contributed by atoms with Crippen molar-refractivity contribution in [1.29, 1.82) is 0 Å². The number of nitrogens with zero attached hydrogens (tertiary/aromatic N) is 6. The van der Waals surface area contributed by atoms with Gasteiger partial charge in [0.25, 0.3) is 0 Å². The standard InChI is InChI=1S/C25H25N7O2/c33-19-7-10-32(14-20(19)34)25-23-17(15-4-5-15)12-26-13-18(23)29-24(31-25)16-6-9-28-22(11-16)30-21-3-1-2-8-27-21/h1-3,6,8-9,11-13,15,19-20,33-34H,4-5,7,10,14H2,(H,27,28,30). The molecule has 3 N–H and O–H groups in total. The summed E-state index contributed by atoms with van der Waals surface area (Å²) in [6.07, 6.45) is 8.36. The summed E-state index contributed by atoms with van der Waals surface area (Å²) in [6.45, 7) is 0.932. The van der Waals surface area contributed by atoms with E-state index in [1.165, 1.54) is 0 Å². The molecule has 2 aliphatic rings. The molecule has 1 saturated carbocycles. The van der Waals surface area contributed by atoms with Crippen LogP contribution < -0.4 is 10.2 Å². The summed E-state index contributed by atoms with van der Waals surface area (Å²) in [5.41, 5.74) is 2.75. The van der Waals surface area contributed by atoms with E-state index < -0.39 is 12.2 Å². The highest BCUT2D eigenvalue weighted by atomic mass is 16.3. The minimum Gasteiger partial charge on any atom is -0.390 e. The van der Waals surface area contributed by atoms with E-state index in [2.05, 4.69) is 25.2 Å². The van der Waals surface area contributed by atoms with Crippen molar-refractivity contribution >= 4 is 28.4 Å². The van der Waals surface area contributed by atoms with Gasteiger partial charge in [-0.25, -0.2) is 19.9 Å². The number of anilines is 3. The molecule has 4 aromatic heterocycles. The minimum absolute atomic E-state index is 0.321. The Balaban J connectivity index is 1.44. The number of fused-ring (bicyclic) bond motifs is 1. The number of pyridine rings is 3. The maximum atomic E-state index is 10.4. The maximum absolute atomic E-state index is 10.4. The molecule has 4 aromatic rings. The Kier molecular flexibility index (Phi) is 5.27. The number of β-amino-alcohol motifs (C(OH)–C–C–N with tert-alkyl or cyclic N) is 1. The Bertz CT molecular complexity index is 1330. The second-order valence-electron chi connectivity index (χ2n) is 8.91. The van der Waals surface area contributed by atoms with E-state index >= 15 is 0 Å². The number of hydrogen-bond donors (Lipinski definition) is 3. The van der Waals surface area contributed by atoms with Gasteiger partial charge in [0, 0.05) is 42.6 Å². The van der Waals surface area contributed by atoms with Crippen molar-refractivity contribution in [2.45, 2.75) is 37.4 Å². The van der Waals surface area contributed by atoms with Gasteiger partial charge in [0.1, 0.15) is 17.5 Å². The Labute approximate surface area is 196 Å². The van der Waals surface area contributed by atoms with E-state index in [1.54, 1.807) is 18.6 Å². The number of hydrogen-bond acceptors (Lipinski definition) is 9. The molecule has 0 aromatic carbocycles. The van der Waals surface area contributed by atoms with Crippen LogP contribution in [0.3, 0.4) is 0 Å². The monoisotopic (exact) mass is 455 g/mol. The molecule has 1 aliphatic heterocycles. The highest BCUT2D eigenvalue weighted by Gasteiger charge is 2.32. The number of nitrogens with one attached hydrogen (secondary N) is 1. The molecule has 34 heavy (non-hydrogen) atoms. The highest BCUT2D eigenvalue weighted by molar-refractivity contribution is 5.94. The molecule has 2 atom stereocenters. The van der Waals surface area contributed by atoms with E-state index in [-0.39, 0.29) is 0 Å². The maximum Gasteiger partial charge on any atom is 0.162 e. The molecule has 9 nitrogen and oxygen atoms in total. The molecule has 0 bridgehead atoms. The van der Waals surface area contributed by atoms with E-state index in [0.29, 0.717) is 42.9 Å². The van der Waals surface area contributed by atoms with Crippen LogP contribution in [0.25, 0.3) is 22.3 Å². The zero-order chi connectivity index (χ0) is 23.1. The Hall–Kier alpha value is -3.69. The number of piperidine rings is 1. The molecule has 0 spiro atoms. The van der Waals surface area contributed by atoms with Crippen molar-refractivity contribution in [2.24, 2.45) is 0 Å². The van der Waals surface area contributed by atoms with Gasteiger partial charge in [-0.1, -0.05) is 6.07 Å². The van der Waals surface area contributed by atoms with Gasteiger partial charge in [0.2, 0.25) is 0 Å². The fourth-order valence-corrected chi connectivity index (χ4v) is 4.47. The fourth-order valence-electron chi connectivity index (χ4n) is 4.47. The summed E-state index contributed by atoms with van der Waals surface area (Å²) in [6, 6.07) is 9.42. The second-order valence-corrected chi connectivity index (χ2v) is 8.91. The number of aliphatic hydroxyl groups is 2. The molecule has 2 fully saturated rings. The number of rotatable bonds is 5. The molecule has 172 valence electrons. The fraction of sp³-hybridized carbons (Fsp3) is 0.320. The third kappa shape index (κ3) is 4.04. The molecule has 0 amide bonds. The molecule has 5 heterocycles. The van der Waals surface area contributed by atoms with Crippen LogP contribution >= 0.6 is 0 Å². The first-order valence-corrected chi connectivity index (χ1v) is 11.6. The van der Waals surface area contributed by atoms with E-state index in [1.807, 2.05) is 36.5 Å². The zero-order valence-corrected chi connectivity index (χ0v) is 18.5. The van der Waals surface area contributed by atoms with Crippen LogP contribution in [0, 0.1) is 0 Å². The van der Waals surface area contributed by atoms with Crippen molar-refractivity contribution in [3.05, 3.63) is 60.7 Å². The molecule has 1 aliphatic carbocycles. The first-order chi connectivity index (χ1) is 16.7. The SMILES string of the molecule is OC1CCN(c2nc(-c3ccnc(Nc4ccccn4)c3)nc3cncc(C4CC4)c23)CC1O. The van der Waals surface area contributed by atoms with Crippen LogP contribution in [0.15, 0.2) is 55.1 Å². The Morgan fingerprint density at radius 3 is 2.59 bits per heavy atom. The smallest absolute Gasteiger partial charge is 0.162 e. The van der Waals surface area contributed by atoms with E-state index in [0.717, 1.165) is 40.7 Å².